The Balaban J connectivity index is 3.18. The van der Waals surface area contributed by atoms with Crippen LogP contribution in [-0.4, -0.2) is 89.4 Å². The van der Waals surface area contributed by atoms with Gasteiger partial charge in [-0.05, 0) is 43.4 Å². The van der Waals surface area contributed by atoms with Gasteiger partial charge in [0.05, 0.1) is 12.8 Å². The molecule has 240 valence electrons. The molecule has 0 radical (unpaired) electrons. The largest absolute Gasteiger partial charge is 0.481 e. The zero-order valence-corrected chi connectivity index (χ0v) is 26.3. The lowest BCUT2D eigenvalue weighted by molar-refractivity contribution is -0.142. The van der Waals surface area contributed by atoms with Gasteiger partial charge in [0, 0.05) is 25.7 Å². The van der Waals surface area contributed by atoms with E-state index in [0.29, 0.717) is 44.8 Å². The van der Waals surface area contributed by atoms with Crippen LogP contribution in [0.15, 0.2) is 0 Å². The Kier molecular flexibility index (Phi) is 15.3. The summed E-state index contributed by atoms with van der Waals surface area (Å²) in [7, 11) is 0. The summed E-state index contributed by atoms with van der Waals surface area (Å²) in [5, 5.41) is 22.6. The van der Waals surface area contributed by atoms with Gasteiger partial charge in [0.2, 0.25) is 23.6 Å². The van der Waals surface area contributed by atoms with E-state index in [-0.39, 0.29) is 18.4 Å². The second kappa shape index (κ2) is 17.5. The summed E-state index contributed by atoms with van der Waals surface area (Å²) in [4.78, 5) is 78.6. The van der Waals surface area contributed by atoms with E-state index in [1.165, 1.54) is 0 Å². The third kappa shape index (κ3) is 13.1. The summed E-state index contributed by atoms with van der Waals surface area (Å²) in [6.45, 7) is 14.4. The van der Waals surface area contributed by atoms with Crippen molar-refractivity contribution in [2.24, 2.45) is 11.3 Å². The molecule has 0 spiro atoms. The highest BCUT2D eigenvalue weighted by atomic mass is 16.4. The first-order chi connectivity index (χ1) is 19.6. The lowest BCUT2D eigenvalue weighted by atomic mass is 9.86. The number of carboxylic acids is 1. The van der Waals surface area contributed by atoms with Crippen LogP contribution in [0.5, 0.6) is 0 Å². The molecule has 3 unspecified atom stereocenters. The SMILES string of the molecule is CCC(CC)NC(=O)NC(C(=O)NC(CC(=O)N1CCCC1)C(=O)NC(CC(=O)O)C(=O)NCCC(C)C)C(C)(C)C. The van der Waals surface area contributed by atoms with E-state index in [4.69, 9.17) is 0 Å². The molecule has 0 bridgehead atoms. The van der Waals surface area contributed by atoms with Crippen LogP contribution in [0.25, 0.3) is 0 Å². The summed E-state index contributed by atoms with van der Waals surface area (Å²) >= 11 is 0. The van der Waals surface area contributed by atoms with Crippen molar-refractivity contribution in [3.05, 3.63) is 0 Å². The number of nitrogens with zero attached hydrogens (tertiary/aromatic N) is 1. The Hall–Kier alpha value is -3.38. The van der Waals surface area contributed by atoms with E-state index in [0.717, 1.165) is 12.8 Å². The second-order valence-electron chi connectivity index (χ2n) is 12.4. The molecule has 0 aromatic carbocycles. The van der Waals surface area contributed by atoms with Crippen molar-refractivity contribution in [3.63, 3.8) is 0 Å². The van der Waals surface area contributed by atoms with Crippen LogP contribution < -0.4 is 26.6 Å². The summed E-state index contributed by atoms with van der Waals surface area (Å²) in [6, 6.07) is -4.50. The highest BCUT2D eigenvalue weighted by Gasteiger charge is 2.37. The Morgan fingerprint density at radius 3 is 1.83 bits per heavy atom. The highest BCUT2D eigenvalue weighted by Crippen LogP contribution is 2.20. The number of hydrogen-bond donors (Lipinski definition) is 6. The predicted molar refractivity (Wildman–Crippen MR) is 158 cm³/mol. The van der Waals surface area contributed by atoms with Gasteiger partial charge in [0.15, 0.2) is 0 Å². The van der Waals surface area contributed by atoms with Gasteiger partial charge in [-0.3, -0.25) is 24.0 Å². The van der Waals surface area contributed by atoms with Gasteiger partial charge in [-0.2, -0.15) is 0 Å². The maximum atomic E-state index is 13.5. The van der Waals surface area contributed by atoms with Crippen LogP contribution in [-0.2, 0) is 24.0 Å². The Bertz CT molecular complexity index is 939. The Labute approximate surface area is 249 Å². The van der Waals surface area contributed by atoms with Gasteiger partial charge >= 0.3 is 12.0 Å². The maximum Gasteiger partial charge on any atom is 0.315 e. The van der Waals surface area contributed by atoms with Gasteiger partial charge < -0.3 is 36.6 Å². The molecule has 1 heterocycles. The molecule has 1 fully saturated rings. The Morgan fingerprint density at radius 2 is 1.33 bits per heavy atom. The van der Waals surface area contributed by atoms with E-state index in [9.17, 15) is 33.9 Å². The van der Waals surface area contributed by atoms with Crippen LogP contribution in [0.2, 0.25) is 0 Å². The molecule has 0 saturated carbocycles. The average Bonchev–Trinajstić information content (AvgIpc) is 3.43. The van der Waals surface area contributed by atoms with E-state index >= 15 is 0 Å². The van der Waals surface area contributed by atoms with Crippen LogP contribution in [0.4, 0.5) is 4.79 Å². The number of likely N-dealkylation sites (tertiary alicyclic amines) is 1. The van der Waals surface area contributed by atoms with Crippen molar-refractivity contribution in [1.29, 1.82) is 0 Å². The van der Waals surface area contributed by atoms with Crippen molar-refractivity contribution in [2.75, 3.05) is 19.6 Å². The number of rotatable bonds is 16. The number of carbonyl (C=O) groups excluding carboxylic acids is 5. The maximum absolute atomic E-state index is 13.5. The standard InChI is InChI=1S/C29H52N6O7/c1-8-19(9-2)31-28(42)34-24(29(5,6)7)27(41)33-20(16-22(36)35-14-10-11-15-35)26(40)32-21(17-23(37)38)25(39)30-13-12-18(3)4/h18-21,24H,8-17H2,1-7H3,(H,30,39)(H,32,40)(H,33,41)(H,37,38)(H2,31,34,42). The molecule has 6 amide bonds. The second-order valence-corrected chi connectivity index (χ2v) is 12.4. The topological polar surface area (TPSA) is 186 Å². The fourth-order valence-electron chi connectivity index (χ4n) is 4.52. The molecule has 1 rings (SSSR count). The predicted octanol–water partition coefficient (Wildman–Crippen LogP) is 1.51. The number of aliphatic carboxylic acids is 1. The van der Waals surface area contributed by atoms with Crippen molar-refractivity contribution in [3.8, 4) is 0 Å². The van der Waals surface area contributed by atoms with Crippen LogP contribution >= 0.6 is 0 Å². The summed E-state index contributed by atoms with van der Waals surface area (Å²) in [5.74, 6) is -3.57. The van der Waals surface area contributed by atoms with E-state index < -0.39 is 59.7 Å². The third-order valence-corrected chi connectivity index (χ3v) is 7.23. The highest BCUT2D eigenvalue weighted by molar-refractivity contribution is 5.97. The first-order valence-corrected chi connectivity index (χ1v) is 15.0. The number of hydrogen-bond acceptors (Lipinski definition) is 6. The number of amides is 6. The number of urea groups is 1. The Morgan fingerprint density at radius 1 is 0.786 bits per heavy atom. The quantitative estimate of drug-likeness (QED) is 0.156. The molecule has 13 heteroatoms. The van der Waals surface area contributed by atoms with Crippen LogP contribution in [0.3, 0.4) is 0 Å². The molecule has 0 aromatic heterocycles. The molecule has 1 aliphatic rings. The summed E-state index contributed by atoms with van der Waals surface area (Å²) < 4.78 is 0. The molecule has 6 N–H and O–H groups in total. The molecule has 0 aliphatic carbocycles. The van der Waals surface area contributed by atoms with E-state index in [2.05, 4.69) is 26.6 Å². The van der Waals surface area contributed by atoms with Crippen LogP contribution in [0, 0.1) is 11.3 Å². The fraction of sp³-hybridized carbons (Fsp3) is 0.793. The van der Waals surface area contributed by atoms with Gasteiger partial charge in [-0.15, -0.1) is 0 Å². The molecule has 3 atom stereocenters. The van der Waals surface area contributed by atoms with Crippen molar-refractivity contribution in [2.45, 2.75) is 118 Å². The van der Waals surface area contributed by atoms with Gasteiger partial charge in [0.25, 0.3) is 0 Å². The minimum absolute atomic E-state index is 0.0804. The number of nitrogens with one attached hydrogen (secondary N) is 5. The summed E-state index contributed by atoms with van der Waals surface area (Å²) in [5.41, 5.74) is -0.766. The van der Waals surface area contributed by atoms with Gasteiger partial charge in [-0.1, -0.05) is 48.5 Å². The van der Waals surface area contributed by atoms with E-state index in [1.807, 2.05) is 27.7 Å². The normalized spacial score (nSPS) is 15.5. The van der Waals surface area contributed by atoms with Gasteiger partial charge in [0.1, 0.15) is 18.1 Å². The van der Waals surface area contributed by atoms with Crippen molar-refractivity contribution in [1.82, 2.24) is 31.5 Å². The monoisotopic (exact) mass is 596 g/mol. The molecule has 42 heavy (non-hydrogen) atoms. The zero-order valence-electron chi connectivity index (χ0n) is 26.3. The zero-order chi connectivity index (χ0) is 32.0. The minimum atomic E-state index is -1.41. The lowest BCUT2D eigenvalue weighted by Gasteiger charge is -2.32. The molecule has 1 saturated heterocycles. The minimum Gasteiger partial charge on any atom is -0.481 e. The van der Waals surface area contributed by atoms with Crippen molar-refractivity contribution >= 4 is 35.6 Å². The third-order valence-electron chi connectivity index (χ3n) is 7.23. The lowest BCUT2D eigenvalue weighted by Crippen LogP contribution is -2.61. The van der Waals surface area contributed by atoms with Crippen molar-refractivity contribution < 1.29 is 33.9 Å². The summed E-state index contributed by atoms with van der Waals surface area (Å²) in [6.07, 6.45) is 2.67. The molecule has 0 aromatic rings. The first-order valence-electron chi connectivity index (χ1n) is 15.0. The smallest absolute Gasteiger partial charge is 0.315 e. The molecular formula is C29H52N6O7. The molecule has 1 aliphatic heterocycles. The molecular weight excluding hydrogens is 544 g/mol. The molecule has 13 nitrogen and oxygen atoms in total. The number of carbonyl (C=O) groups is 6. The van der Waals surface area contributed by atoms with Gasteiger partial charge in [-0.25, -0.2) is 4.79 Å². The first kappa shape index (κ1) is 36.6. The number of carboxylic acid groups (broad SMARTS) is 1. The average molecular weight is 597 g/mol. The fourth-order valence-corrected chi connectivity index (χ4v) is 4.52. The van der Waals surface area contributed by atoms with Crippen LogP contribution in [0.1, 0.15) is 93.4 Å². The van der Waals surface area contributed by atoms with E-state index in [1.54, 1.807) is 25.7 Å².